The van der Waals surface area contributed by atoms with Crippen LogP contribution in [0, 0.1) is 0 Å². The minimum Gasteiger partial charge on any atom is -0.467 e. The Bertz CT molecular complexity index is 456. The maximum Gasteiger partial charge on any atom is 0.315 e. The van der Waals surface area contributed by atoms with Gasteiger partial charge in [0, 0.05) is 25.0 Å². The van der Waals surface area contributed by atoms with E-state index >= 15 is 0 Å². The highest BCUT2D eigenvalue weighted by Crippen LogP contribution is 2.16. The van der Waals surface area contributed by atoms with E-state index in [4.69, 9.17) is 4.42 Å². The highest BCUT2D eigenvalue weighted by atomic mass is 16.3. The van der Waals surface area contributed by atoms with Crippen LogP contribution in [0.4, 0.5) is 4.79 Å². The van der Waals surface area contributed by atoms with Gasteiger partial charge in [-0.25, -0.2) is 4.79 Å². The predicted molar refractivity (Wildman–Crippen MR) is 70.7 cm³/mol. The van der Waals surface area contributed by atoms with Crippen molar-refractivity contribution >= 4 is 6.03 Å². The quantitative estimate of drug-likeness (QED) is 0.862. The topological polar surface area (TPSA) is 72.1 Å². The summed E-state index contributed by atoms with van der Waals surface area (Å²) in [7, 11) is 0. The van der Waals surface area contributed by atoms with Gasteiger partial charge in [0.15, 0.2) is 0 Å². The summed E-state index contributed by atoms with van der Waals surface area (Å²) in [5.41, 5.74) is 0. The zero-order chi connectivity index (χ0) is 13.7. The van der Waals surface area contributed by atoms with Crippen molar-refractivity contribution in [2.75, 3.05) is 6.54 Å². The molecule has 0 saturated heterocycles. The van der Waals surface area contributed by atoms with Crippen molar-refractivity contribution in [3.05, 3.63) is 42.6 Å². The average Bonchev–Trinajstić information content (AvgIpc) is 3.00. The molecule has 0 aliphatic carbocycles. The molecule has 2 heterocycles. The Kier molecular flexibility index (Phi) is 4.22. The molecule has 0 aliphatic heterocycles. The van der Waals surface area contributed by atoms with Gasteiger partial charge in [-0.2, -0.15) is 5.10 Å². The van der Waals surface area contributed by atoms with Crippen LogP contribution in [0.1, 0.15) is 25.6 Å². The van der Waals surface area contributed by atoms with E-state index in [-0.39, 0.29) is 18.1 Å². The maximum absolute atomic E-state index is 11.6. The van der Waals surface area contributed by atoms with E-state index in [1.165, 1.54) is 0 Å². The molecular weight excluding hydrogens is 244 g/mol. The molecule has 0 bridgehead atoms. The number of nitrogens with one attached hydrogen (secondary N) is 2. The molecule has 102 valence electrons. The first-order valence-corrected chi connectivity index (χ1v) is 6.23. The van der Waals surface area contributed by atoms with Crippen molar-refractivity contribution in [3.63, 3.8) is 0 Å². The first-order valence-electron chi connectivity index (χ1n) is 6.23. The van der Waals surface area contributed by atoms with Gasteiger partial charge < -0.3 is 15.1 Å². The number of hydrogen-bond donors (Lipinski definition) is 2. The summed E-state index contributed by atoms with van der Waals surface area (Å²) < 4.78 is 7.16. The summed E-state index contributed by atoms with van der Waals surface area (Å²) in [5, 5.41) is 9.79. The molecule has 2 N–H and O–H groups in total. The fourth-order valence-corrected chi connectivity index (χ4v) is 1.77. The molecule has 2 aromatic heterocycles. The van der Waals surface area contributed by atoms with Gasteiger partial charge in [0.1, 0.15) is 11.8 Å². The number of carbonyl (C=O) groups excluding carboxylic acids is 1. The van der Waals surface area contributed by atoms with E-state index in [9.17, 15) is 4.79 Å². The first-order chi connectivity index (χ1) is 9.16. The van der Waals surface area contributed by atoms with Crippen molar-refractivity contribution < 1.29 is 9.21 Å². The van der Waals surface area contributed by atoms with Gasteiger partial charge in [0.05, 0.1) is 6.26 Å². The van der Waals surface area contributed by atoms with Gasteiger partial charge in [-0.15, -0.1) is 0 Å². The van der Waals surface area contributed by atoms with Crippen LogP contribution in [-0.2, 0) is 0 Å². The third-order valence-electron chi connectivity index (χ3n) is 2.59. The highest BCUT2D eigenvalue weighted by molar-refractivity contribution is 5.74. The van der Waals surface area contributed by atoms with Crippen molar-refractivity contribution in [2.45, 2.75) is 25.9 Å². The van der Waals surface area contributed by atoms with E-state index in [0.717, 1.165) is 5.76 Å². The molecule has 0 fully saturated rings. The molecule has 2 rings (SSSR count). The second kappa shape index (κ2) is 6.08. The summed E-state index contributed by atoms with van der Waals surface area (Å²) in [5.74, 6) is 0.758. The lowest BCUT2D eigenvalue weighted by Crippen LogP contribution is -2.42. The molecule has 6 nitrogen and oxygen atoms in total. The second-order valence-electron chi connectivity index (χ2n) is 4.53. The Labute approximate surface area is 111 Å². The Morgan fingerprint density at radius 1 is 1.47 bits per heavy atom. The van der Waals surface area contributed by atoms with Crippen molar-refractivity contribution in [1.82, 2.24) is 20.4 Å². The largest absolute Gasteiger partial charge is 0.467 e. The van der Waals surface area contributed by atoms with Crippen molar-refractivity contribution in [1.29, 1.82) is 0 Å². The van der Waals surface area contributed by atoms with E-state index in [1.54, 1.807) is 17.1 Å². The van der Waals surface area contributed by atoms with Crippen LogP contribution in [0.15, 0.2) is 41.3 Å². The molecule has 2 amide bonds. The van der Waals surface area contributed by atoms with Crippen LogP contribution in [0.3, 0.4) is 0 Å². The van der Waals surface area contributed by atoms with Gasteiger partial charge >= 0.3 is 6.03 Å². The number of urea groups is 1. The molecule has 2 aromatic rings. The SMILES string of the molecule is CC(C)NC(=O)NCC(c1ccco1)n1cccn1. The number of hydrogen-bond acceptors (Lipinski definition) is 3. The Hall–Kier alpha value is -2.24. The molecule has 1 unspecified atom stereocenters. The lowest BCUT2D eigenvalue weighted by atomic mass is 10.2. The third kappa shape index (κ3) is 3.61. The smallest absolute Gasteiger partial charge is 0.315 e. The van der Waals surface area contributed by atoms with Gasteiger partial charge in [-0.3, -0.25) is 4.68 Å². The van der Waals surface area contributed by atoms with Gasteiger partial charge in [-0.1, -0.05) is 0 Å². The minimum absolute atomic E-state index is 0.103. The average molecular weight is 262 g/mol. The van der Waals surface area contributed by atoms with Crippen LogP contribution in [-0.4, -0.2) is 28.4 Å². The van der Waals surface area contributed by atoms with Crippen LogP contribution < -0.4 is 10.6 Å². The molecule has 0 aliphatic rings. The molecule has 0 saturated carbocycles. The Balaban J connectivity index is 2.02. The molecule has 0 spiro atoms. The van der Waals surface area contributed by atoms with E-state index in [0.29, 0.717) is 6.54 Å². The van der Waals surface area contributed by atoms with Crippen LogP contribution in [0.2, 0.25) is 0 Å². The summed E-state index contributed by atoms with van der Waals surface area (Å²) >= 11 is 0. The van der Waals surface area contributed by atoms with Gasteiger partial charge in [0.25, 0.3) is 0 Å². The predicted octanol–water partition coefficient (Wildman–Crippen LogP) is 1.77. The monoisotopic (exact) mass is 262 g/mol. The van der Waals surface area contributed by atoms with E-state index in [1.807, 2.05) is 38.2 Å². The zero-order valence-corrected chi connectivity index (χ0v) is 11.0. The van der Waals surface area contributed by atoms with Crippen LogP contribution in [0.25, 0.3) is 0 Å². The maximum atomic E-state index is 11.6. The van der Waals surface area contributed by atoms with Gasteiger partial charge in [0.2, 0.25) is 0 Å². The number of aromatic nitrogens is 2. The Morgan fingerprint density at radius 3 is 2.89 bits per heavy atom. The molecular formula is C13H18N4O2. The Morgan fingerprint density at radius 2 is 2.32 bits per heavy atom. The van der Waals surface area contributed by atoms with Gasteiger partial charge in [-0.05, 0) is 32.0 Å². The standard InChI is InChI=1S/C13H18N4O2/c1-10(2)16-13(18)14-9-11(12-5-3-8-19-12)17-7-4-6-15-17/h3-8,10-11H,9H2,1-2H3,(H2,14,16,18). The zero-order valence-electron chi connectivity index (χ0n) is 11.0. The summed E-state index contributed by atoms with van der Waals surface area (Å²) in [6.45, 7) is 4.24. The summed E-state index contributed by atoms with van der Waals surface area (Å²) in [4.78, 5) is 11.6. The van der Waals surface area contributed by atoms with E-state index in [2.05, 4.69) is 15.7 Å². The minimum atomic E-state index is -0.196. The molecule has 1 atom stereocenters. The van der Waals surface area contributed by atoms with Crippen molar-refractivity contribution in [3.8, 4) is 0 Å². The molecule has 0 aromatic carbocycles. The third-order valence-corrected chi connectivity index (χ3v) is 2.59. The fourth-order valence-electron chi connectivity index (χ4n) is 1.77. The van der Waals surface area contributed by atoms with Crippen LogP contribution in [0.5, 0.6) is 0 Å². The fraction of sp³-hybridized carbons (Fsp3) is 0.385. The van der Waals surface area contributed by atoms with Crippen molar-refractivity contribution in [2.24, 2.45) is 0 Å². The lowest BCUT2D eigenvalue weighted by Gasteiger charge is -2.17. The lowest BCUT2D eigenvalue weighted by molar-refractivity contribution is 0.236. The summed E-state index contributed by atoms with van der Waals surface area (Å²) in [6, 6.07) is 5.28. The number of amides is 2. The number of nitrogens with zero attached hydrogens (tertiary/aromatic N) is 2. The number of carbonyl (C=O) groups is 1. The number of rotatable bonds is 5. The first kappa shape index (κ1) is 13.2. The summed E-state index contributed by atoms with van der Waals surface area (Å²) in [6.07, 6.45) is 5.15. The second-order valence-corrected chi connectivity index (χ2v) is 4.53. The van der Waals surface area contributed by atoms with Crippen LogP contribution >= 0.6 is 0 Å². The number of furan rings is 1. The molecule has 0 radical (unpaired) electrons. The molecule has 6 heteroatoms. The highest BCUT2D eigenvalue weighted by Gasteiger charge is 2.17. The molecule has 19 heavy (non-hydrogen) atoms. The van der Waals surface area contributed by atoms with E-state index < -0.39 is 0 Å². The normalized spacial score (nSPS) is 12.4.